The molecule has 0 aliphatic carbocycles. The average Bonchev–Trinajstić information content (AvgIpc) is 2.34. The summed E-state index contributed by atoms with van der Waals surface area (Å²) in [4.78, 5) is 15.5. The van der Waals surface area contributed by atoms with Crippen LogP contribution in [0.4, 0.5) is 0 Å². The number of rotatable bonds is 7. The maximum atomic E-state index is 11.4. The zero-order chi connectivity index (χ0) is 13.4. The Kier molecular flexibility index (Phi) is 6.14. The van der Waals surface area contributed by atoms with Crippen molar-refractivity contribution in [3.8, 4) is 5.88 Å². The van der Waals surface area contributed by atoms with Crippen LogP contribution in [-0.2, 0) is 11.3 Å². The van der Waals surface area contributed by atoms with Gasteiger partial charge in [-0.25, -0.2) is 4.98 Å². The molecule has 5 nitrogen and oxygen atoms in total. The number of nitrogens with one attached hydrogen (secondary N) is 2. The maximum absolute atomic E-state index is 11.4. The van der Waals surface area contributed by atoms with Crippen LogP contribution in [0.5, 0.6) is 5.88 Å². The van der Waals surface area contributed by atoms with Crippen molar-refractivity contribution >= 4 is 5.91 Å². The first-order chi connectivity index (χ1) is 8.61. The van der Waals surface area contributed by atoms with Gasteiger partial charge in [0.15, 0.2) is 0 Å². The highest BCUT2D eigenvalue weighted by Gasteiger charge is 2.02. The highest BCUT2D eigenvalue weighted by Crippen LogP contribution is 2.05. The molecule has 0 saturated heterocycles. The lowest BCUT2D eigenvalue weighted by atomic mass is 10.2. The lowest BCUT2D eigenvalue weighted by Crippen LogP contribution is -2.32. The van der Waals surface area contributed by atoms with E-state index in [-0.39, 0.29) is 11.9 Å². The van der Waals surface area contributed by atoms with Gasteiger partial charge in [-0.2, -0.15) is 0 Å². The van der Waals surface area contributed by atoms with E-state index in [1.807, 2.05) is 26.0 Å². The van der Waals surface area contributed by atoms with E-state index >= 15 is 0 Å². The summed E-state index contributed by atoms with van der Waals surface area (Å²) in [6, 6.07) is 3.97. The molecule has 1 aromatic rings. The standard InChI is InChI=1S/C13H21N3O2/c1-10(2)16-12(17)6-7-14-8-11-4-5-13(18-3)15-9-11/h4-5,9-10,14H,6-8H2,1-3H3,(H,16,17). The van der Waals surface area contributed by atoms with Crippen LogP contribution in [0.3, 0.4) is 0 Å². The van der Waals surface area contributed by atoms with Gasteiger partial charge in [0.1, 0.15) is 0 Å². The number of ether oxygens (including phenoxy) is 1. The molecule has 1 rings (SSSR count). The van der Waals surface area contributed by atoms with Crippen molar-refractivity contribution in [1.29, 1.82) is 0 Å². The fourth-order valence-electron chi connectivity index (χ4n) is 1.47. The molecule has 0 aromatic carbocycles. The summed E-state index contributed by atoms with van der Waals surface area (Å²) >= 11 is 0. The monoisotopic (exact) mass is 251 g/mol. The molecular weight excluding hydrogens is 230 g/mol. The van der Waals surface area contributed by atoms with Crippen molar-refractivity contribution in [3.05, 3.63) is 23.9 Å². The van der Waals surface area contributed by atoms with E-state index in [0.717, 1.165) is 5.56 Å². The third-order valence-electron chi connectivity index (χ3n) is 2.31. The Hall–Kier alpha value is -1.62. The molecule has 0 aliphatic rings. The summed E-state index contributed by atoms with van der Waals surface area (Å²) in [7, 11) is 1.59. The highest BCUT2D eigenvalue weighted by atomic mass is 16.5. The number of pyridine rings is 1. The van der Waals surface area contributed by atoms with Crippen LogP contribution in [0.15, 0.2) is 18.3 Å². The van der Waals surface area contributed by atoms with Crippen molar-refractivity contribution in [2.75, 3.05) is 13.7 Å². The third-order valence-corrected chi connectivity index (χ3v) is 2.31. The minimum Gasteiger partial charge on any atom is -0.481 e. The fourth-order valence-corrected chi connectivity index (χ4v) is 1.47. The van der Waals surface area contributed by atoms with Gasteiger partial charge in [0, 0.05) is 37.8 Å². The first kappa shape index (κ1) is 14.4. The van der Waals surface area contributed by atoms with Crippen molar-refractivity contribution in [2.45, 2.75) is 32.9 Å². The summed E-state index contributed by atoms with van der Waals surface area (Å²) in [6.45, 7) is 5.26. The van der Waals surface area contributed by atoms with Crippen molar-refractivity contribution < 1.29 is 9.53 Å². The molecule has 1 heterocycles. The summed E-state index contributed by atoms with van der Waals surface area (Å²) < 4.78 is 4.98. The SMILES string of the molecule is COc1ccc(CNCCC(=O)NC(C)C)cn1. The number of carbonyl (C=O) groups excluding carboxylic acids is 1. The van der Waals surface area contributed by atoms with Gasteiger partial charge in [-0.15, -0.1) is 0 Å². The van der Waals surface area contributed by atoms with Gasteiger partial charge in [0.2, 0.25) is 11.8 Å². The molecule has 5 heteroatoms. The number of aromatic nitrogens is 1. The van der Waals surface area contributed by atoms with E-state index in [1.54, 1.807) is 13.3 Å². The van der Waals surface area contributed by atoms with Crippen molar-refractivity contribution in [1.82, 2.24) is 15.6 Å². The molecule has 0 fully saturated rings. The Morgan fingerprint density at radius 3 is 2.78 bits per heavy atom. The Bertz CT molecular complexity index is 363. The average molecular weight is 251 g/mol. The van der Waals surface area contributed by atoms with E-state index in [1.165, 1.54) is 0 Å². The van der Waals surface area contributed by atoms with Crippen molar-refractivity contribution in [2.24, 2.45) is 0 Å². The molecule has 0 atom stereocenters. The molecule has 100 valence electrons. The number of hydrogen-bond acceptors (Lipinski definition) is 4. The second kappa shape index (κ2) is 7.66. The fraction of sp³-hybridized carbons (Fsp3) is 0.538. The smallest absolute Gasteiger partial charge is 0.221 e. The van der Waals surface area contributed by atoms with Gasteiger partial charge in [-0.3, -0.25) is 4.79 Å². The molecule has 0 radical (unpaired) electrons. The summed E-state index contributed by atoms with van der Waals surface area (Å²) in [5.41, 5.74) is 1.07. The van der Waals surface area contributed by atoms with Crippen molar-refractivity contribution in [3.63, 3.8) is 0 Å². The number of hydrogen-bond donors (Lipinski definition) is 2. The van der Waals surface area contributed by atoms with Gasteiger partial charge in [-0.1, -0.05) is 6.07 Å². The predicted octanol–water partition coefficient (Wildman–Crippen LogP) is 1.09. The molecular formula is C13H21N3O2. The third kappa shape index (κ3) is 5.63. The van der Waals surface area contributed by atoms with Crippen LogP contribution in [0.1, 0.15) is 25.8 Å². The van der Waals surface area contributed by atoms with Gasteiger partial charge >= 0.3 is 0 Å². The van der Waals surface area contributed by atoms with Crippen LogP contribution in [0, 0.1) is 0 Å². The lowest BCUT2D eigenvalue weighted by Gasteiger charge is -2.09. The zero-order valence-electron chi connectivity index (χ0n) is 11.2. The Morgan fingerprint density at radius 1 is 1.44 bits per heavy atom. The van der Waals surface area contributed by atoms with Crippen LogP contribution in [-0.4, -0.2) is 30.6 Å². The van der Waals surface area contributed by atoms with Gasteiger partial charge in [0.25, 0.3) is 0 Å². The molecule has 2 N–H and O–H groups in total. The molecule has 1 aromatic heterocycles. The summed E-state index contributed by atoms with van der Waals surface area (Å²) in [6.07, 6.45) is 2.25. The molecule has 0 unspecified atom stereocenters. The van der Waals surface area contributed by atoms with Crippen LogP contribution in [0.2, 0.25) is 0 Å². The van der Waals surface area contributed by atoms with Gasteiger partial charge in [0.05, 0.1) is 7.11 Å². The van der Waals surface area contributed by atoms with E-state index in [2.05, 4.69) is 15.6 Å². The van der Waals surface area contributed by atoms with Crippen LogP contribution in [0.25, 0.3) is 0 Å². The largest absolute Gasteiger partial charge is 0.481 e. The molecule has 0 aliphatic heterocycles. The minimum atomic E-state index is 0.0744. The van der Waals surface area contributed by atoms with Crippen LogP contribution >= 0.6 is 0 Å². The lowest BCUT2D eigenvalue weighted by molar-refractivity contribution is -0.121. The quantitative estimate of drug-likeness (QED) is 0.712. The highest BCUT2D eigenvalue weighted by molar-refractivity contribution is 5.76. The maximum Gasteiger partial charge on any atom is 0.221 e. The minimum absolute atomic E-state index is 0.0744. The Morgan fingerprint density at radius 2 is 2.22 bits per heavy atom. The molecule has 0 spiro atoms. The van der Waals surface area contributed by atoms with E-state index in [4.69, 9.17) is 4.74 Å². The van der Waals surface area contributed by atoms with Gasteiger partial charge in [-0.05, 0) is 19.4 Å². The first-order valence-electron chi connectivity index (χ1n) is 6.11. The number of methoxy groups -OCH3 is 1. The van der Waals surface area contributed by atoms with E-state index < -0.39 is 0 Å². The predicted molar refractivity (Wildman–Crippen MR) is 70.4 cm³/mol. The van der Waals surface area contributed by atoms with Crippen LogP contribution < -0.4 is 15.4 Å². The Balaban J connectivity index is 2.19. The number of amides is 1. The zero-order valence-corrected chi connectivity index (χ0v) is 11.2. The normalized spacial score (nSPS) is 10.4. The second-order valence-corrected chi connectivity index (χ2v) is 4.36. The second-order valence-electron chi connectivity index (χ2n) is 4.36. The first-order valence-corrected chi connectivity index (χ1v) is 6.11. The molecule has 0 bridgehead atoms. The number of carbonyl (C=O) groups is 1. The van der Waals surface area contributed by atoms with E-state index in [9.17, 15) is 4.79 Å². The molecule has 1 amide bonds. The summed E-state index contributed by atoms with van der Waals surface area (Å²) in [5, 5.41) is 6.05. The molecule has 18 heavy (non-hydrogen) atoms. The molecule has 0 saturated carbocycles. The topological polar surface area (TPSA) is 63.2 Å². The summed E-state index contributed by atoms with van der Waals surface area (Å²) in [5.74, 6) is 0.681. The van der Waals surface area contributed by atoms with Gasteiger partial charge < -0.3 is 15.4 Å². The Labute approximate surface area is 108 Å². The number of nitrogens with zero attached hydrogens (tertiary/aromatic N) is 1. The van der Waals surface area contributed by atoms with E-state index in [0.29, 0.717) is 25.4 Å².